The normalized spacial score (nSPS) is 15.2. The highest BCUT2D eigenvalue weighted by molar-refractivity contribution is 7.92. The van der Waals surface area contributed by atoms with E-state index in [1.807, 2.05) is 30.3 Å². The Hall–Kier alpha value is -3.47. The van der Waals surface area contributed by atoms with Crippen LogP contribution in [0.15, 0.2) is 66.7 Å². The Bertz CT molecular complexity index is 1580. The van der Waals surface area contributed by atoms with Crippen LogP contribution in [0.5, 0.6) is 11.5 Å². The Morgan fingerprint density at radius 2 is 1.65 bits per heavy atom. The van der Waals surface area contributed by atoms with Gasteiger partial charge in [0.1, 0.15) is 12.6 Å². The van der Waals surface area contributed by atoms with Gasteiger partial charge in [-0.2, -0.15) is 0 Å². The third-order valence-corrected chi connectivity index (χ3v) is 9.51. The summed E-state index contributed by atoms with van der Waals surface area (Å²) in [5, 5.41) is 3.80. The number of rotatable bonds is 11. The average molecular weight is 647 g/mol. The molecule has 1 heterocycles. The molecule has 1 aliphatic heterocycles. The van der Waals surface area contributed by atoms with E-state index in [2.05, 4.69) is 5.32 Å². The Kier molecular flexibility index (Phi) is 9.68. The fourth-order valence-electron chi connectivity index (χ4n) is 5.41. The number of amides is 2. The molecule has 1 fully saturated rings. The molecule has 1 saturated carbocycles. The average Bonchev–Trinajstić information content (AvgIpc) is 3.67. The van der Waals surface area contributed by atoms with Gasteiger partial charge in [0.15, 0.2) is 11.5 Å². The van der Waals surface area contributed by atoms with Gasteiger partial charge in [0.05, 0.1) is 22.0 Å². The molecule has 1 unspecified atom stereocenters. The number of carbonyl (C=O) groups excluding carboxylic acids is 2. The maximum Gasteiger partial charge on any atom is 0.244 e. The van der Waals surface area contributed by atoms with Gasteiger partial charge < -0.3 is 19.7 Å². The zero-order chi connectivity index (χ0) is 30.6. The van der Waals surface area contributed by atoms with Crippen LogP contribution in [0.1, 0.15) is 36.8 Å². The first-order chi connectivity index (χ1) is 20.6. The minimum absolute atomic E-state index is 0.00402. The maximum atomic E-state index is 14.3. The van der Waals surface area contributed by atoms with Gasteiger partial charge >= 0.3 is 0 Å². The van der Waals surface area contributed by atoms with Crippen LogP contribution in [0.2, 0.25) is 10.0 Å². The number of carbonyl (C=O) groups is 2. The number of ether oxygens (including phenoxy) is 2. The molecule has 228 valence electrons. The van der Waals surface area contributed by atoms with Crippen LogP contribution in [-0.2, 0) is 32.6 Å². The molecule has 0 bridgehead atoms. The monoisotopic (exact) mass is 645 g/mol. The highest BCUT2D eigenvalue weighted by atomic mass is 35.5. The number of benzene rings is 3. The van der Waals surface area contributed by atoms with Crippen molar-refractivity contribution in [1.29, 1.82) is 0 Å². The minimum Gasteiger partial charge on any atom is -0.454 e. The molecular formula is C31H33Cl2N3O6S. The van der Waals surface area contributed by atoms with Crippen molar-refractivity contribution in [3.8, 4) is 11.5 Å². The maximum absolute atomic E-state index is 14.3. The van der Waals surface area contributed by atoms with Crippen molar-refractivity contribution in [2.75, 3.05) is 23.9 Å². The number of hydrogen-bond acceptors (Lipinski definition) is 6. The van der Waals surface area contributed by atoms with Crippen molar-refractivity contribution in [3.05, 3.63) is 87.9 Å². The van der Waals surface area contributed by atoms with Crippen molar-refractivity contribution in [1.82, 2.24) is 10.2 Å². The first-order valence-electron chi connectivity index (χ1n) is 14.0. The summed E-state index contributed by atoms with van der Waals surface area (Å²) in [5.41, 5.74) is 1.74. The van der Waals surface area contributed by atoms with Gasteiger partial charge in [0.2, 0.25) is 28.6 Å². The second-order valence-electron chi connectivity index (χ2n) is 10.8. The standard InChI is InChI=1S/C31H33Cl2N3O6S/c1-43(39,40)36(24-12-14-28-29(17-24)42-20-41-28)19-30(37)35(18-22-11-13-25(32)26(33)15-22)27(16-21-7-3-2-4-8-21)31(38)34-23-9-5-6-10-23/h2-4,7-8,11-15,17,23,27H,5-6,9-10,16,18-20H2,1H3,(H,34,38). The molecule has 1 aliphatic carbocycles. The lowest BCUT2D eigenvalue weighted by Crippen LogP contribution is -2.54. The van der Waals surface area contributed by atoms with Crippen molar-refractivity contribution >= 4 is 50.7 Å². The molecule has 2 aliphatic rings. The Labute approximate surface area is 261 Å². The molecule has 0 spiro atoms. The van der Waals surface area contributed by atoms with Crippen molar-refractivity contribution in [2.24, 2.45) is 0 Å². The number of hydrogen-bond donors (Lipinski definition) is 1. The summed E-state index contributed by atoms with van der Waals surface area (Å²) in [4.78, 5) is 29.6. The lowest BCUT2D eigenvalue weighted by molar-refractivity contribution is -0.140. The topological polar surface area (TPSA) is 105 Å². The molecule has 0 radical (unpaired) electrons. The molecule has 3 aromatic carbocycles. The zero-order valence-electron chi connectivity index (χ0n) is 23.7. The second-order valence-corrected chi connectivity index (χ2v) is 13.5. The van der Waals surface area contributed by atoms with Crippen molar-refractivity contribution in [3.63, 3.8) is 0 Å². The Morgan fingerprint density at radius 3 is 2.35 bits per heavy atom. The third kappa shape index (κ3) is 7.74. The van der Waals surface area contributed by atoms with Gasteiger partial charge in [0, 0.05) is 25.1 Å². The summed E-state index contributed by atoms with van der Waals surface area (Å²) < 4.78 is 37.9. The van der Waals surface area contributed by atoms with E-state index in [0.29, 0.717) is 27.1 Å². The number of anilines is 1. The molecule has 0 saturated heterocycles. The summed E-state index contributed by atoms with van der Waals surface area (Å²) in [6.45, 7) is -0.517. The molecule has 9 nitrogen and oxygen atoms in total. The van der Waals surface area contributed by atoms with Crippen LogP contribution in [0.4, 0.5) is 5.69 Å². The second kappa shape index (κ2) is 13.4. The van der Waals surface area contributed by atoms with Gasteiger partial charge in [-0.05, 0) is 48.2 Å². The van der Waals surface area contributed by atoms with E-state index in [1.54, 1.807) is 30.3 Å². The largest absolute Gasteiger partial charge is 0.454 e. The van der Waals surface area contributed by atoms with Gasteiger partial charge in [-0.3, -0.25) is 13.9 Å². The van der Waals surface area contributed by atoms with Gasteiger partial charge in [-0.1, -0.05) is 72.4 Å². The van der Waals surface area contributed by atoms with E-state index < -0.39 is 28.5 Å². The lowest BCUT2D eigenvalue weighted by Gasteiger charge is -2.34. The molecule has 0 aromatic heterocycles. The van der Waals surface area contributed by atoms with E-state index in [1.165, 1.54) is 11.0 Å². The third-order valence-electron chi connectivity index (χ3n) is 7.63. The summed E-state index contributed by atoms with van der Waals surface area (Å²) in [5.74, 6) is 0.00949. The van der Waals surface area contributed by atoms with E-state index in [0.717, 1.165) is 41.8 Å². The van der Waals surface area contributed by atoms with Crippen LogP contribution < -0.4 is 19.1 Å². The molecule has 2 amide bonds. The molecule has 3 aromatic rings. The van der Waals surface area contributed by atoms with Crippen molar-refractivity contribution < 1.29 is 27.5 Å². The van der Waals surface area contributed by atoms with Gasteiger partial charge in [-0.15, -0.1) is 0 Å². The predicted octanol–water partition coefficient (Wildman–Crippen LogP) is 5.19. The lowest BCUT2D eigenvalue weighted by atomic mass is 10.0. The van der Waals surface area contributed by atoms with Crippen molar-refractivity contribution in [2.45, 2.75) is 50.7 Å². The molecule has 1 atom stereocenters. The molecule has 1 N–H and O–H groups in total. The molecule has 12 heteroatoms. The highest BCUT2D eigenvalue weighted by Crippen LogP contribution is 2.36. The number of nitrogens with one attached hydrogen (secondary N) is 1. The quantitative estimate of drug-likeness (QED) is 0.308. The minimum atomic E-state index is -3.92. The fourth-order valence-corrected chi connectivity index (χ4v) is 6.57. The summed E-state index contributed by atoms with van der Waals surface area (Å²) in [6, 6.07) is 18.2. The fraction of sp³-hybridized carbons (Fsp3) is 0.355. The molecule has 43 heavy (non-hydrogen) atoms. The Balaban J connectivity index is 1.51. The van der Waals surface area contributed by atoms with Crippen LogP contribution in [0.3, 0.4) is 0 Å². The number of fused-ring (bicyclic) bond motifs is 1. The molecule has 5 rings (SSSR count). The van der Waals surface area contributed by atoms with Crippen LogP contribution in [0.25, 0.3) is 0 Å². The smallest absolute Gasteiger partial charge is 0.244 e. The van der Waals surface area contributed by atoms with E-state index in [-0.39, 0.29) is 37.4 Å². The zero-order valence-corrected chi connectivity index (χ0v) is 26.0. The number of nitrogens with zero attached hydrogens (tertiary/aromatic N) is 2. The number of halogens is 2. The van der Waals surface area contributed by atoms with Crippen LogP contribution in [0, 0.1) is 0 Å². The van der Waals surface area contributed by atoms with Crippen LogP contribution >= 0.6 is 23.2 Å². The Morgan fingerprint density at radius 1 is 0.930 bits per heavy atom. The highest BCUT2D eigenvalue weighted by Gasteiger charge is 2.34. The first-order valence-corrected chi connectivity index (χ1v) is 16.6. The van der Waals surface area contributed by atoms with E-state index in [9.17, 15) is 18.0 Å². The summed E-state index contributed by atoms with van der Waals surface area (Å²) >= 11 is 12.5. The summed E-state index contributed by atoms with van der Waals surface area (Å²) in [7, 11) is -3.92. The predicted molar refractivity (Wildman–Crippen MR) is 166 cm³/mol. The molecular weight excluding hydrogens is 613 g/mol. The van der Waals surface area contributed by atoms with E-state index >= 15 is 0 Å². The first kappa shape index (κ1) is 31.0. The van der Waals surface area contributed by atoms with Crippen LogP contribution in [-0.4, -0.2) is 56.8 Å². The summed E-state index contributed by atoms with van der Waals surface area (Å²) in [6.07, 6.45) is 5.06. The SMILES string of the molecule is CS(=O)(=O)N(CC(=O)N(Cc1ccc(Cl)c(Cl)c1)C(Cc1ccccc1)C(=O)NC1CCCC1)c1ccc2c(c1)OCO2. The van der Waals surface area contributed by atoms with Gasteiger partial charge in [-0.25, -0.2) is 8.42 Å². The van der Waals surface area contributed by atoms with E-state index in [4.69, 9.17) is 32.7 Å². The van der Waals surface area contributed by atoms with Gasteiger partial charge in [0.25, 0.3) is 0 Å². The number of sulfonamides is 1.